The summed E-state index contributed by atoms with van der Waals surface area (Å²) < 4.78 is 2.05. The van der Waals surface area contributed by atoms with Crippen LogP contribution in [0.5, 0.6) is 0 Å². The van der Waals surface area contributed by atoms with Crippen LogP contribution < -0.4 is 5.32 Å². The fourth-order valence-electron chi connectivity index (χ4n) is 3.68. The second-order valence-corrected chi connectivity index (χ2v) is 10.2. The van der Waals surface area contributed by atoms with Gasteiger partial charge in [0.25, 0.3) is 0 Å². The number of carboxylic acids is 1. The van der Waals surface area contributed by atoms with Gasteiger partial charge in [-0.2, -0.15) is 0 Å². The fraction of sp³-hybridized carbons (Fsp3) is 0.0417. The molecule has 3 aromatic carbocycles. The number of hydrogen-bond acceptors (Lipinski definition) is 4. The molecular weight excluding hydrogens is 469 g/mol. The van der Waals surface area contributed by atoms with Gasteiger partial charge in [-0.15, -0.1) is 22.7 Å². The van der Waals surface area contributed by atoms with Gasteiger partial charge < -0.3 is 10.4 Å². The number of nitrogens with one attached hydrogen (secondary N) is 1. The third kappa shape index (κ3) is 3.58. The second-order valence-electron chi connectivity index (χ2n) is 7.14. The highest BCUT2D eigenvalue weighted by Gasteiger charge is 2.45. The SMILES string of the molecule is O=C(O)C(Nc1cc(Cl)cc(Cl)c1)(c1cc2ccccc2s1)c1cc2ccccc2s1. The third-order valence-electron chi connectivity index (χ3n) is 5.11. The highest BCUT2D eigenvalue weighted by atomic mass is 35.5. The number of benzene rings is 3. The number of fused-ring (bicyclic) bond motifs is 2. The van der Waals surface area contributed by atoms with Gasteiger partial charge in [0, 0.05) is 34.9 Å². The summed E-state index contributed by atoms with van der Waals surface area (Å²) in [6.07, 6.45) is 0. The van der Waals surface area contributed by atoms with Crippen molar-refractivity contribution < 1.29 is 9.90 Å². The minimum atomic E-state index is -1.50. The molecular formula is C24H15Cl2NO2S2. The Labute approximate surface area is 196 Å². The molecule has 0 aliphatic heterocycles. The molecule has 0 atom stereocenters. The molecule has 3 nitrogen and oxygen atoms in total. The number of carboxylic acid groups (broad SMARTS) is 1. The monoisotopic (exact) mass is 483 g/mol. The van der Waals surface area contributed by atoms with E-state index >= 15 is 0 Å². The Bertz CT molecular complexity index is 1280. The Hall–Kier alpha value is -2.57. The molecule has 0 amide bonds. The summed E-state index contributed by atoms with van der Waals surface area (Å²) in [7, 11) is 0. The minimum Gasteiger partial charge on any atom is -0.479 e. The van der Waals surface area contributed by atoms with Crippen molar-refractivity contribution in [3.63, 3.8) is 0 Å². The average Bonchev–Trinajstić information content (AvgIpc) is 3.35. The molecule has 5 aromatic rings. The van der Waals surface area contributed by atoms with Gasteiger partial charge in [0.15, 0.2) is 0 Å². The van der Waals surface area contributed by atoms with Gasteiger partial charge in [-0.05, 0) is 53.2 Å². The Kier molecular flexibility index (Phi) is 5.15. The number of carbonyl (C=O) groups is 1. The summed E-state index contributed by atoms with van der Waals surface area (Å²) in [5.41, 5.74) is -0.962. The van der Waals surface area contributed by atoms with Crippen molar-refractivity contribution in [2.75, 3.05) is 5.32 Å². The molecule has 5 rings (SSSR count). The first-order valence-corrected chi connectivity index (χ1v) is 11.8. The van der Waals surface area contributed by atoms with E-state index in [0.717, 1.165) is 20.2 Å². The molecule has 0 bridgehead atoms. The van der Waals surface area contributed by atoms with Crippen LogP contribution in [0.25, 0.3) is 20.2 Å². The van der Waals surface area contributed by atoms with Crippen molar-refractivity contribution >= 4 is 77.7 Å². The highest BCUT2D eigenvalue weighted by Crippen LogP contribution is 2.45. The molecule has 0 saturated carbocycles. The molecule has 2 N–H and O–H groups in total. The quantitative estimate of drug-likeness (QED) is 0.267. The smallest absolute Gasteiger partial charge is 0.340 e. The van der Waals surface area contributed by atoms with Crippen LogP contribution in [0.1, 0.15) is 9.75 Å². The van der Waals surface area contributed by atoms with Crippen molar-refractivity contribution in [1.82, 2.24) is 0 Å². The van der Waals surface area contributed by atoms with Gasteiger partial charge >= 0.3 is 5.97 Å². The molecule has 154 valence electrons. The van der Waals surface area contributed by atoms with E-state index in [-0.39, 0.29) is 0 Å². The summed E-state index contributed by atoms with van der Waals surface area (Å²) in [6, 6.07) is 24.7. The van der Waals surface area contributed by atoms with Crippen molar-refractivity contribution in [3.8, 4) is 0 Å². The van der Waals surface area contributed by atoms with Gasteiger partial charge in [0.1, 0.15) is 0 Å². The minimum absolute atomic E-state index is 0.432. The highest BCUT2D eigenvalue weighted by molar-refractivity contribution is 7.21. The van der Waals surface area contributed by atoms with E-state index in [9.17, 15) is 9.90 Å². The van der Waals surface area contributed by atoms with Crippen molar-refractivity contribution in [3.05, 3.63) is 98.7 Å². The maximum absolute atomic E-state index is 13.0. The second kappa shape index (κ2) is 7.84. The van der Waals surface area contributed by atoms with E-state index in [1.807, 2.05) is 60.7 Å². The Morgan fingerprint density at radius 1 is 0.774 bits per heavy atom. The van der Waals surface area contributed by atoms with E-state index in [1.54, 1.807) is 18.2 Å². The van der Waals surface area contributed by atoms with Gasteiger partial charge in [-0.1, -0.05) is 59.6 Å². The van der Waals surface area contributed by atoms with Crippen LogP contribution in [0.15, 0.2) is 78.9 Å². The molecule has 2 heterocycles. The van der Waals surface area contributed by atoms with Crippen LogP contribution in [-0.4, -0.2) is 11.1 Å². The summed E-state index contributed by atoms with van der Waals surface area (Å²) in [5, 5.41) is 16.8. The lowest BCUT2D eigenvalue weighted by molar-refractivity contribution is -0.140. The Balaban J connectivity index is 1.79. The van der Waals surface area contributed by atoms with Crippen molar-refractivity contribution in [1.29, 1.82) is 0 Å². The Morgan fingerprint density at radius 2 is 1.26 bits per heavy atom. The molecule has 7 heteroatoms. The first-order chi connectivity index (χ1) is 15.0. The lowest BCUT2D eigenvalue weighted by atomic mass is 9.93. The zero-order valence-electron chi connectivity index (χ0n) is 15.9. The van der Waals surface area contributed by atoms with Gasteiger partial charge in [-0.3, -0.25) is 0 Å². The predicted octanol–water partition coefficient (Wildman–Crippen LogP) is 7.86. The summed E-state index contributed by atoms with van der Waals surface area (Å²) in [4.78, 5) is 14.4. The van der Waals surface area contributed by atoms with E-state index < -0.39 is 11.5 Å². The largest absolute Gasteiger partial charge is 0.479 e. The standard InChI is InChI=1S/C24H15Cl2NO2S2/c25-16-11-17(26)13-18(12-16)27-24(23(28)29,21-9-14-5-1-3-7-19(14)30-21)22-10-15-6-2-4-8-20(15)31-22/h1-13,27H,(H,28,29). The normalized spacial score (nSPS) is 11.8. The van der Waals surface area contributed by atoms with Crippen LogP contribution >= 0.6 is 45.9 Å². The van der Waals surface area contributed by atoms with E-state index in [0.29, 0.717) is 25.5 Å². The fourth-order valence-corrected chi connectivity index (χ4v) is 6.71. The van der Waals surface area contributed by atoms with E-state index in [4.69, 9.17) is 23.2 Å². The zero-order chi connectivity index (χ0) is 21.6. The average molecular weight is 484 g/mol. The zero-order valence-corrected chi connectivity index (χ0v) is 19.1. The third-order valence-corrected chi connectivity index (χ3v) is 8.01. The number of hydrogen-bond donors (Lipinski definition) is 2. The molecule has 0 unspecified atom stereocenters. The van der Waals surface area contributed by atoms with Crippen LogP contribution in [0.4, 0.5) is 5.69 Å². The molecule has 0 radical (unpaired) electrons. The van der Waals surface area contributed by atoms with Crippen LogP contribution in [0, 0.1) is 0 Å². The van der Waals surface area contributed by atoms with Crippen LogP contribution in [-0.2, 0) is 10.3 Å². The summed E-state index contributed by atoms with van der Waals surface area (Å²) >= 11 is 15.3. The topological polar surface area (TPSA) is 49.3 Å². The predicted molar refractivity (Wildman–Crippen MR) is 132 cm³/mol. The number of rotatable bonds is 5. The molecule has 0 aliphatic carbocycles. The van der Waals surface area contributed by atoms with Crippen LogP contribution in [0.3, 0.4) is 0 Å². The number of thiophene rings is 2. The molecule has 0 spiro atoms. The molecule has 31 heavy (non-hydrogen) atoms. The van der Waals surface area contributed by atoms with Gasteiger partial charge in [0.05, 0.1) is 0 Å². The molecule has 0 aliphatic rings. The van der Waals surface area contributed by atoms with E-state index in [1.165, 1.54) is 22.7 Å². The molecule has 0 fully saturated rings. The molecule has 2 aromatic heterocycles. The summed E-state index contributed by atoms with van der Waals surface area (Å²) in [6.45, 7) is 0. The maximum Gasteiger partial charge on any atom is 0.340 e. The molecule has 0 saturated heterocycles. The number of anilines is 1. The maximum atomic E-state index is 13.0. The first kappa shape index (κ1) is 20.3. The van der Waals surface area contributed by atoms with Gasteiger partial charge in [0.2, 0.25) is 5.54 Å². The Morgan fingerprint density at radius 3 is 1.71 bits per heavy atom. The van der Waals surface area contributed by atoms with Crippen LogP contribution in [0.2, 0.25) is 10.0 Å². The lowest BCUT2D eigenvalue weighted by Crippen LogP contribution is -2.43. The number of aliphatic carboxylic acids is 1. The number of halogens is 2. The van der Waals surface area contributed by atoms with E-state index in [2.05, 4.69) is 5.32 Å². The lowest BCUT2D eigenvalue weighted by Gasteiger charge is -2.30. The summed E-state index contributed by atoms with van der Waals surface area (Å²) in [5.74, 6) is -0.998. The van der Waals surface area contributed by atoms with Crippen molar-refractivity contribution in [2.24, 2.45) is 0 Å². The first-order valence-electron chi connectivity index (χ1n) is 9.41. The van der Waals surface area contributed by atoms with Gasteiger partial charge in [-0.25, -0.2) is 4.79 Å². The van der Waals surface area contributed by atoms with Crippen molar-refractivity contribution in [2.45, 2.75) is 5.54 Å².